The monoisotopic (exact) mass is 308 g/mol. The lowest BCUT2D eigenvalue weighted by Crippen LogP contribution is -2.49. The summed E-state index contributed by atoms with van der Waals surface area (Å²) in [6.07, 6.45) is 7.52. The highest BCUT2D eigenvalue weighted by molar-refractivity contribution is 5.68. The summed E-state index contributed by atoms with van der Waals surface area (Å²) in [6.45, 7) is 0.660. The average Bonchev–Trinajstić information content (AvgIpc) is 3.01. The summed E-state index contributed by atoms with van der Waals surface area (Å²) in [5, 5.41) is 2.37. The van der Waals surface area contributed by atoms with Crippen molar-refractivity contribution in [2.75, 3.05) is 13.7 Å². The third-order valence-electron chi connectivity index (χ3n) is 5.19. The van der Waals surface area contributed by atoms with Crippen LogP contribution in [0.4, 0.5) is 4.79 Å². The number of aromatic amines is 1. The number of H-pyrrole nitrogens is 1. The minimum absolute atomic E-state index is 0.187. The zero-order chi connectivity index (χ0) is 15.5. The molecule has 6 heteroatoms. The molecular formula is C16H24N2O4. The molecule has 0 unspecified atom stereocenters. The van der Waals surface area contributed by atoms with E-state index in [0.29, 0.717) is 12.5 Å². The number of piperidine rings is 1. The van der Waals surface area contributed by atoms with Gasteiger partial charge in [-0.1, -0.05) is 19.3 Å². The second-order valence-electron chi connectivity index (χ2n) is 6.47. The van der Waals surface area contributed by atoms with Gasteiger partial charge in [-0.3, -0.25) is 4.79 Å². The largest absolute Gasteiger partial charge is 0.453 e. The number of likely N-dealkylation sites (tertiary alicyclic amines) is 1. The molecule has 1 aliphatic heterocycles. The summed E-state index contributed by atoms with van der Waals surface area (Å²) in [4.78, 5) is 25.3. The van der Waals surface area contributed by atoms with Gasteiger partial charge in [-0.15, -0.1) is 0 Å². The van der Waals surface area contributed by atoms with Gasteiger partial charge in [0.15, 0.2) is 0 Å². The van der Waals surface area contributed by atoms with Gasteiger partial charge in [0, 0.05) is 24.6 Å². The van der Waals surface area contributed by atoms with E-state index >= 15 is 0 Å². The molecule has 0 spiro atoms. The minimum atomic E-state index is -0.232. The summed E-state index contributed by atoms with van der Waals surface area (Å²) in [6, 6.07) is 1.72. The molecule has 1 aromatic rings. The number of methoxy groups -OCH3 is 1. The Kier molecular flexibility index (Phi) is 4.55. The molecular weight excluding hydrogens is 284 g/mol. The van der Waals surface area contributed by atoms with Crippen LogP contribution in [0.1, 0.15) is 56.6 Å². The lowest BCUT2D eigenvalue weighted by Gasteiger charge is -2.43. The first-order valence-electron chi connectivity index (χ1n) is 8.22. The Morgan fingerprint density at radius 1 is 1.32 bits per heavy atom. The second-order valence-corrected chi connectivity index (χ2v) is 6.47. The van der Waals surface area contributed by atoms with Crippen LogP contribution < -0.4 is 5.56 Å². The van der Waals surface area contributed by atoms with Crippen LogP contribution >= 0.6 is 0 Å². The predicted molar refractivity (Wildman–Crippen MR) is 80.8 cm³/mol. The molecule has 0 aromatic carbocycles. The minimum Gasteiger partial charge on any atom is -0.453 e. The number of carbonyl (C=O) groups excluding carboxylic acids is 1. The summed E-state index contributed by atoms with van der Waals surface area (Å²) in [5.41, 5.74) is -0.195. The molecule has 0 radical (unpaired) electrons. The van der Waals surface area contributed by atoms with Gasteiger partial charge in [-0.05, 0) is 31.6 Å². The van der Waals surface area contributed by atoms with Crippen molar-refractivity contribution in [3.8, 4) is 0 Å². The summed E-state index contributed by atoms with van der Waals surface area (Å²) < 4.78 is 10.3. The van der Waals surface area contributed by atoms with Gasteiger partial charge < -0.3 is 14.2 Å². The Labute approximate surface area is 129 Å². The zero-order valence-electron chi connectivity index (χ0n) is 13.0. The molecule has 3 rings (SSSR count). The lowest BCUT2D eigenvalue weighted by molar-refractivity contribution is 0.0512. The summed E-state index contributed by atoms with van der Waals surface area (Å²) in [7, 11) is 1.44. The van der Waals surface area contributed by atoms with Crippen molar-refractivity contribution in [1.29, 1.82) is 0 Å². The first kappa shape index (κ1) is 15.2. The standard InChI is InChI=1S/C16H24N2O4/c1-21-16(20)18-8-7-12(14-10-15(19)17-22-14)9-13(18)11-5-3-2-4-6-11/h10-13H,2-9H2,1H3,(H,17,19)/t12-,13+/m1/s1. The van der Waals surface area contributed by atoms with E-state index in [1.165, 1.54) is 45.3 Å². The van der Waals surface area contributed by atoms with Gasteiger partial charge in [-0.25, -0.2) is 4.79 Å². The maximum atomic E-state index is 12.1. The molecule has 2 heterocycles. The van der Waals surface area contributed by atoms with E-state index in [4.69, 9.17) is 9.26 Å². The predicted octanol–water partition coefficient (Wildman–Crippen LogP) is 2.86. The van der Waals surface area contributed by atoms with E-state index in [0.717, 1.165) is 18.6 Å². The SMILES string of the molecule is COC(=O)N1CC[C@@H](c2cc(=O)[nH]o2)C[C@H]1C1CCCCC1. The van der Waals surface area contributed by atoms with E-state index in [2.05, 4.69) is 5.16 Å². The van der Waals surface area contributed by atoms with Crippen molar-refractivity contribution >= 4 is 6.09 Å². The van der Waals surface area contributed by atoms with E-state index in [-0.39, 0.29) is 23.6 Å². The number of rotatable bonds is 2. The number of nitrogens with one attached hydrogen (secondary N) is 1. The first-order valence-corrected chi connectivity index (χ1v) is 8.22. The van der Waals surface area contributed by atoms with Gasteiger partial charge >= 0.3 is 6.09 Å². The molecule has 1 aliphatic carbocycles. The van der Waals surface area contributed by atoms with Crippen molar-refractivity contribution in [2.24, 2.45) is 5.92 Å². The Morgan fingerprint density at radius 2 is 2.09 bits per heavy atom. The molecule has 1 saturated carbocycles. The third kappa shape index (κ3) is 3.05. The molecule has 2 atom stereocenters. The van der Waals surface area contributed by atoms with Crippen molar-refractivity contribution < 1.29 is 14.1 Å². The van der Waals surface area contributed by atoms with E-state index in [1.54, 1.807) is 0 Å². The fraction of sp³-hybridized carbons (Fsp3) is 0.750. The summed E-state index contributed by atoms with van der Waals surface area (Å²) in [5.74, 6) is 1.45. The van der Waals surface area contributed by atoms with Crippen LogP contribution in [0.25, 0.3) is 0 Å². The molecule has 1 saturated heterocycles. The zero-order valence-corrected chi connectivity index (χ0v) is 13.0. The fourth-order valence-electron chi connectivity index (χ4n) is 4.06. The number of carbonyl (C=O) groups is 1. The van der Waals surface area contributed by atoms with E-state index < -0.39 is 0 Å². The van der Waals surface area contributed by atoms with Crippen LogP contribution in [0.2, 0.25) is 0 Å². The molecule has 122 valence electrons. The molecule has 0 bridgehead atoms. The molecule has 2 fully saturated rings. The van der Waals surface area contributed by atoms with E-state index in [9.17, 15) is 9.59 Å². The second kappa shape index (κ2) is 6.58. The maximum Gasteiger partial charge on any atom is 0.409 e. The Bertz CT molecular complexity index is 558. The Morgan fingerprint density at radius 3 is 2.73 bits per heavy atom. The van der Waals surface area contributed by atoms with Gasteiger partial charge in [0.2, 0.25) is 0 Å². The quantitative estimate of drug-likeness (QED) is 0.911. The fourth-order valence-corrected chi connectivity index (χ4v) is 4.06. The average molecular weight is 308 g/mol. The van der Waals surface area contributed by atoms with Crippen molar-refractivity contribution in [2.45, 2.75) is 56.9 Å². The van der Waals surface area contributed by atoms with Crippen molar-refractivity contribution in [3.63, 3.8) is 0 Å². The number of ether oxygens (including phenoxy) is 1. The molecule has 6 nitrogen and oxygen atoms in total. The van der Waals surface area contributed by atoms with E-state index in [1.807, 2.05) is 4.90 Å². The Balaban J connectivity index is 1.78. The van der Waals surface area contributed by atoms with Gasteiger partial charge in [0.05, 0.1) is 7.11 Å². The highest BCUT2D eigenvalue weighted by atomic mass is 16.5. The topological polar surface area (TPSA) is 75.5 Å². The molecule has 1 N–H and O–H groups in total. The smallest absolute Gasteiger partial charge is 0.409 e. The highest BCUT2D eigenvalue weighted by Crippen LogP contribution is 2.39. The van der Waals surface area contributed by atoms with Crippen LogP contribution in [0, 0.1) is 5.92 Å². The van der Waals surface area contributed by atoms with Gasteiger partial charge in [0.25, 0.3) is 5.56 Å². The molecule has 22 heavy (non-hydrogen) atoms. The van der Waals surface area contributed by atoms with Crippen LogP contribution in [-0.4, -0.2) is 35.8 Å². The maximum absolute atomic E-state index is 12.1. The molecule has 1 amide bonds. The number of nitrogens with zero attached hydrogens (tertiary/aromatic N) is 1. The van der Waals surface area contributed by atoms with Crippen LogP contribution in [0.3, 0.4) is 0 Å². The number of hydrogen-bond donors (Lipinski definition) is 1. The Hall–Kier alpha value is -1.72. The lowest BCUT2D eigenvalue weighted by atomic mass is 9.76. The number of amides is 1. The number of aromatic nitrogens is 1. The molecule has 2 aliphatic rings. The van der Waals surface area contributed by atoms with Gasteiger partial charge in [0.1, 0.15) is 5.76 Å². The van der Waals surface area contributed by atoms with Crippen molar-refractivity contribution in [3.05, 3.63) is 22.2 Å². The normalized spacial score (nSPS) is 26.9. The number of hydrogen-bond acceptors (Lipinski definition) is 4. The van der Waals surface area contributed by atoms with Crippen LogP contribution in [0.5, 0.6) is 0 Å². The third-order valence-corrected chi connectivity index (χ3v) is 5.19. The van der Waals surface area contributed by atoms with Crippen LogP contribution in [0.15, 0.2) is 15.4 Å². The van der Waals surface area contributed by atoms with Gasteiger partial charge in [-0.2, -0.15) is 5.16 Å². The summed E-state index contributed by atoms with van der Waals surface area (Å²) >= 11 is 0. The van der Waals surface area contributed by atoms with Crippen molar-refractivity contribution in [1.82, 2.24) is 10.1 Å². The van der Waals surface area contributed by atoms with Crippen LogP contribution in [-0.2, 0) is 4.74 Å². The molecule has 1 aromatic heterocycles. The first-order chi connectivity index (χ1) is 10.7. The highest BCUT2D eigenvalue weighted by Gasteiger charge is 2.38.